The summed E-state index contributed by atoms with van der Waals surface area (Å²) in [4.78, 5) is 23.5. The van der Waals surface area contributed by atoms with E-state index in [2.05, 4.69) is 0 Å². The minimum atomic E-state index is -1.54. The maximum Gasteiger partial charge on any atom is 0.341 e. The largest absolute Gasteiger partial charge is 0.467 e. The van der Waals surface area contributed by atoms with Crippen LogP contribution < -0.4 is 0 Å². The highest BCUT2D eigenvalue weighted by atomic mass is 16.8. The molecule has 0 unspecified atom stereocenters. The zero-order valence-corrected chi connectivity index (χ0v) is 12.8. The van der Waals surface area contributed by atoms with Gasteiger partial charge >= 0.3 is 5.97 Å². The Balaban J connectivity index is 3.19. The van der Waals surface area contributed by atoms with Crippen LogP contribution in [0, 0.1) is 0 Å². The number of ketones is 1. The molecule has 0 bridgehead atoms. The minimum absolute atomic E-state index is 0.164. The Morgan fingerprint density at radius 2 is 1.65 bits per heavy atom. The predicted molar refractivity (Wildman–Crippen MR) is 67.9 cm³/mol. The number of carbonyl (C=O) groups excluding carboxylic acids is 2. The Hall–Kier alpha value is -1.02. The van der Waals surface area contributed by atoms with E-state index in [1.165, 1.54) is 28.3 Å². The molecule has 0 aromatic rings. The minimum Gasteiger partial charge on any atom is -0.467 e. The highest BCUT2D eigenvalue weighted by Gasteiger charge is 2.61. The molecule has 1 saturated heterocycles. The zero-order valence-electron chi connectivity index (χ0n) is 12.8. The van der Waals surface area contributed by atoms with Crippen LogP contribution in [0.5, 0.6) is 0 Å². The van der Waals surface area contributed by atoms with Crippen molar-refractivity contribution in [2.24, 2.45) is 0 Å². The molecule has 0 N–H and O–H groups in total. The molecule has 0 aromatic heterocycles. The summed E-state index contributed by atoms with van der Waals surface area (Å²) < 4.78 is 26.8. The zero-order chi connectivity index (χ0) is 15.6. The van der Waals surface area contributed by atoms with E-state index in [0.717, 1.165) is 0 Å². The van der Waals surface area contributed by atoms with Gasteiger partial charge in [-0.15, -0.1) is 0 Å². The quantitative estimate of drug-likeness (QED) is 0.688. The Labute approximate surface area is 118 Å². The first-order chi connectivity index (χ1) is 9.18. The van der Waals surface area contributed by atoms with Crippen LogP contribution in [-0.2, 0) is 33.3 Å². The normalized spacial score (nSPS) is 37.5. The summed E-state index contributed by atoms with van der Waals surface area (Å²) in [5.41, 5.74) is -1.54. The van der Waals surface area contributed by atoms with Crippen LogP contribution in [0.3, 0.4) is 0 Å². The van der Waals surface area contributed by atoms with Crippen molar-refractivity contribution in [3.8, 4) is 0 Å². The van der Waals surface area contributed by atoms with Gasteiger partial charge in [0.15, 0.2) is 5.60 Å². The van der Waals surface area contributed by atoms with E-state index in [9.17, 15) is 9.59 Å². The summed E-state index contributed by atoms with van der Waals surface area (Å²) in [6, 6.07) is 0. The molecular formula is C13H22O7. The van der Waals surface area contributed by atoms with Gasteiger partial charge in [0.2, 0.25) is 11.6 Å². The number of carbonyl (C=O) groups is 2. The second-order valence-electron chi connectivity index (χ2n) is 5.06. The van der Waals surface area contributed by atoms with Gasteiger partial charge in [-0.2, -0.15) is 0 Å². The van der Waals surface area contributed by atoms with Gasteiger partial charge in [-0.3, -0.25) is 4.79 Å². The summed E-state index contributed by atoms with van der Waals surface area (Å²) >= 11 is 0. The van der Waals surface area contributed by atoms with Gasteiger partial charge in [0.05, 0.1) is 13.7 Å². The monoisotopic (exact) mass is 290 g/mol. The third kappa shape index (κ3) is 2.71. The fourth-order valence-electron chi connectivity index (χ4n) is 2.20. The fourth-order valence-corrected chi connectivity index (χ4v) is 2.20. The molecule has 7 heteroatoms. The lowest BCUT2D eigenvalue weighted by Gasteiger charge is -2.52. The molecule has 1 aliphatic rings. The van der Waals surface area contributed by atoms with E-state index >= 15 is 0 Å². The molecule has 1 aliphatic heterocycles. The van der Waals surface area contributed by atoms with Gasteiger partial charge in [0, 0.05) is 20.6 Å². The van der Waals surface area contributed by atoms with Crippen molar-refractivity contribution in [1.29, 1.82) is 0 Å². The van der Waals surface area contributed by atoms with E-state index in [1.54, 1.807) is 13.8 Å². The lowest BCUT2D eigenvalue weighted by Crippen LogP contribution is -2.68. The Morgan fingerprint density at radius 3 is 2.05 bits per heavy atom. The van der Waals surface area contributed by atoms with Crippen LogP contribution in [-0.4, -0.2) is 56.9 Å². The molecule has 0 saturated carbocycles. The van der Waals surface area contributed by atoms with Crippen molar-refractivity contribution in [1.82, 2.24) is 0 Å². The molecule has 1 heterocycles. The SMILES string of the molecule is COC(=O)[C@]1(CC(C)=O)CO[C@@](C)(OC)[C@](C)(OC)O1. The molecule has 7 nitrogen and oxygen atoms in total. The fraction of sp³-hybridized carbons (Fsp3) is 0.846. The average Bonchev–Trinajstić information content (AvgIpc) is 2.41. The summed E-state index contributed by atoms with van der Waals surface area (Å²) in [7, 11) is 4.07. The van der Waals surface area contributed by atoms with Crippen molar-refractivity contribution in [3.63, 3.8) is 0 Å². The molecule has 3 atom stereocenters. The molecule has 0 radical (unpaired) electrons. The third-order valence-electron chi connectivity index (χ3n) is 3.67. The van der Waals surface area contributed by atoms with Gasteiger partial charge in [0.25, 0.3) is 0 Å². The number of esters is 1. The van der Waals surface area contributed by atoms with Gasteiger partial charge in [0.1, 0.15) is 5.78 Å². The van der Waals surface area contributed by atoms with Gasteiger partial charge in [-0.05, 0) is 20.8 Å². The van der Waals surface area contributed by atoms with Crippen LogP contribution in [0.4, 0.5) is 0 Å². The molecule has 1 rings (SSSR count). The predicted octanol–water partition coefficient (Wildman–Crippen LogP) is 0.649. The van der Waals surface area contributed by atoms with E-state index in [-0.39, 0.29) is 18.8 Å². The van der Waals surface area contributed by atoms with Crippen LogP contribution in [0.2, 0.25) is 0 Å². The van der Waals surface area contributed by atoms with E-state index in [0.29, 0.717) is 0 Å². The number of hydrogen-bond donors (Lipinski definition) is 0. The van der Waals surface area contributed by atoms with Crippen molar-refractivity contribution < 1.29 is 33.3 Å². The van der Waals surface area contributed by atoms with Crippen LogP contribution in [0.1, 0.15) is 27.2 Å². The highest BCUT2D eigenvalue weighted by Crippen LogP contribution is 2.42. The maximum atomic E-state index is 12.1. The Kier molecular flexibility index (Phi) is 4.91. The van der Waals surface area contributed by atoms with E-state index in [4.69, 9.17) is 23.7 Å². The molecular weight excluding hydrogens is 268 g/mol. The standard InChI is InChI=1S/C13H22O7/c1-9(14)7-13(10(15)16-4)8-19-11(2,17-5)12(3,18-6)20-13/h7-8H2,1-6H3/t11-,12-,13+/m1/s1. The van der Waals surface area contributed by atoms with E-state index in [1.807, 2.05) is 0 Å². The number of rotatable bonds is 5. The molecule has 1 fully saturated rings. The lowest BCUT2D eigenvalue weighted by molar-refractivity contribution is -0.445. The van der Waals surface area contributed by atoms with Crippen LogP contribution in [0.15, 0.2) is 0 Å². The number of ether oxygens (including phenoxy) is 5. The molecule has 0 amide bonds. The summed E-state index contributed by atoms with van der Waals surface area (Å²) in [5.74, 6) is -3.49. The highest BCUT2D eigenvalue weighted by molar-refractivity contribution is 5.88. The second-order valence-corrected chi connectivity index (χ2v) is 5.06. The first kappa shape index (κ1) is 17.0. The summed E-state index contributed by atoms with van der Waals surface area (Å²) in [5, 5.41) is 0. The van der Waals surface area contributed by atoms with Crippen molar-refractivity contribution in [2.45, 2.75) is 44.4 Å². The second kappa shape index (κ2) is 5.77. The van der Waals surface area contributed by atoms with Crippen molar-refractivity contribution in [2.75, 3.05) is 27.9 Å². The maximum absolute atomic E-state index is 12.1. The van der Waals surface area contributed by atoms with Crippen LogP contribution >= 0.6 is 0 Å². The number of Topliss-reactive ketones (excluding diaryl/α,β-unsaturated/α-hetero) is 1. The van der Waals surface area contributed by atoms with Crippen molar-refractivity contribution in [3.05, 3.63) is 0 Å². The number of hydrogen-bond acceptors (Lipinski definition) is 7. The molecule has 0 spiro atoms. The lowest BCUT2D eigenvalue weighted by atomic mass is 9.94. The summed E-state index contributed by atoms with van der Waals surface area (Å²) in [6.07, 6.45) is -0.168. The van der Waals surface area contributed by atoms with Crippen molar-refractivity contribution >= 4 is 11.8 Å². The van der Waals surface area contributed by atoms with E-state index < -0.39 is 23.1 Å². The molecule has 20 heavy (non-hydrogen) atoms. The number of methoxy groups -OCH3 is 3. The van der Waals surface area contributed by atoms with Gasteiger partial charge < -0.3 is 23.7 Å². The average molecular weight is 290 g/mol. The third-order valence-corrected chi connectivity index (χ3v) is 3.67. The van der Waals surface area contributed by atoms with Gasteiger partial charge in [-0.25, -0.2) is 4.79 Å². The Bertz CT molecular complexity index is 396. The molecule has 116 valence electrons. The topological polar surface area (TPSA) is 80.3 Å². The van der Waals surface area contributed by atoms with Gasteiger partial charge in [-0.1, -0.05) is 0 Å². The molecule has 0 aliphatic carbocycles. The Morgan fingerprint density at radius 1 is 1.10 bits per heavy atom. The smallest absolute Gasteiger partial charge is 0.341 e. The molecule has 0 aromatic carbocycles. The van der Waals surface area contributed by atoms with Crippen LogP contribution in [0.25, 0.3) is 0 Å². The summed E-state index contributed by atoms with van der Waals surface area (Å²) in [6.45, 7) is 4.41. The first-order valence-electron chi connectivity index (χ1n) is 6.21. The first-order valence-corrected chi connectivity index (χ1v) is 6.21.